The number of methoxy groups -OCH3 is 1. The summed E-state index contributed by atoms with van der Waals surface area (Å²) in [5, 5.41) is 2.92. The number of carbonyl (C=O) groups excluding carboxylic acids is 1. The summed E-state index contributed by atoms with van der Waals surface area (Å²) in [6.07, 6.45) is 4.78. The number of nitrogens with one attached hydrogen (secondary N) is 1. The summed E-state index contributed by atoms with van der Waals surface area (Å²) < 4.78 is 11.5. The van der Waals surface area contributed by atoms with E-state index in [9.17, 15) is 4.79 Å². The molecule has 1 aliphatic rings. The Bertz CT molecular complexity index is 727. The summed E-state index contributed by atoms with van der Waals surface area (Å²) in [5.74, 6) is 1.30. The molecule has 0 heterocycles. The second kappa shape index (κ2) is 8.72. The van der Waals surface area contributed by atoms with E-state index in [1.165, 1.54) is 12.8 Å². The van der Waals surface area contributed by atoms with E-state index in [2.05, 4.69) is 5.32 Å². The first-order valence-electron chi connectivity index (χ1n) is 9.09. The van der Waals surface area contributed by atoms with Crippen molar-refractivity contribution in [3.63, 3.8) is 0 Å². The largest absolute Gasteiger partial charge is 0.497 e. The van der Waals surface area contributed by atoms with Gasteiger partial charge in [0, 0.05) is 18.2 Å². The van der Waals surface area contributed by atoms with Gasteiger partial charge in [-0.3, -0.25) is 4.79 Å². The van der Waals surface area contributed by atoms with E-state index in [1.807, 2.05) is 48.5 Å². The molecule has 1 saturated carbocycles. The first kappa shape index (κ1) is 18.3. The monoisotopic (exact) mass is 354 g/mol. The third-order valence-electron chi connectivity index (χ3n) is 4.76. The van der Waals surface area contributed by atoms with Crippen LogP contribution in [0.1, 0.15) is 42.9 Å². The van der Waals surface area contributed by atoms with E-state index < -0.39 is 6.04 Å². The summed E-state index contributed by atoms with van der Waals surface area (Å²) in [4.78, 5) is 12.4. The van der Waals surface area contributed by atoms with Crippen LogP contribution in [0, 0.1) is 0 Å². The van der Waals surface area contributed by atoms with Crippen LogP contribution in [0.3, 0.4) is 0 Å². The van der Waals surface area contributed by atoms with E-state index >= 15 is 0 Å². The fourth-order valence-corrected chi connectivity index (χ4v) is 3.21. The average molecular weight is 354 g/mol. The average Bonchev–Trinajstić information content (AvgIpc) is 3.19. The van der Waals surface area contributed by atoms with Crippen LogP contribution in [0.4, 0.5) is 0 Å². The Hall–Kier alpha value is -2.53. The van der Waals surface area contributed by atoms with Gasteiger partial charge < -0.3 is 20.5 Å². The number of benzene rings is 2. The lowest BCUT2D eigenvalue weighted by Crippen LogP contribution is -2.33. The fourth-order valence-electron chi connectivity index (χ4n) is 3.21. The highest BCUT2D eigenvalue weighted by molar-refractivity contribution is 5.82. The predicted molar refractivity (Wildman–Crippen MR) is 101 cm³/mol. The molecule has 138 valence electrons. The van der Waals surface area contributed by atoms with Crippen LogP contribution in [0.2, 0.25) is 0 Å². The number of nitrogens with two attached hydrogens (primary N) is 1. The van der Waals surface area contributed by atoms with Gasteiger partial charge in [-0.05, 0) is 43.4 Å². The molecule has 0 radical (unpaired) electrons. The van der Waals surface area contributed by atoms with Gasteiger partial charge in [-0.15, -0.1) is 0 Å². The molecule has 5 heteroatoms. The summed E-state index contributed by atoms with van der Waals surface area (Å²) in [5.41, 5.74) is 7.77. The third-order valence-corrected chi connectivity index (χ3v) is 4.76. The van der Waals surface area contributed by atoms with Crippen LogP contribution in [-0.4, -0.2) is 19.1 Å². The number of rotatable bonds is 7. The van der Waals surface area contributed by atoms with Gasteiger partial charge in [0.05, 0.1) is 13.2 Å². The van der Waals surface area contributed by atoms with Crippen molar-refractivity contribution < 1.29 is 14.3 Å². The van der Waals surface area contributed by atoms with Crippen LogP contribution in [0.25, 0.3) is 0 Å². The van der Waals surface area contributed by atoms with Gasteiger partial charge in [-0.2, -0.15) is 0 Å². The van der Waals surface area contributed by atoms with Crippen LogP contribution in [0.5, 0.6) is 11.5 Å². The van der Waals surface area contributed by atoms with Crippen molar-refractivity contribution in [1.29, 1.82) is 0 Å². The van der Waals surface area contributed by atoms with Crippen LogP contribution in [0.15, 0.2) is 48.5 Å². The lowest BCUT2D eigenvalue weighted by molar-refractivity contribution is -0.122. The van der Waals surface area contributed by atoms with E-state index in [0.717, 1.165) is 35.5 Å². The van der Waals surface area contributed by atoms with Gasteiger partial charge >= 0.3 is 0 Å². The molecular formula is C21H26N2O3. The van der Waals surface area contributed by atoms with Gasteiger partial charge in [-0.25, -0.2) is 0 Å². The quantitative estimate of drug-likeness (QED) is 0.800. The molecule has 1 atom stereocenters. The standard InChI is InChI=1S/C21H26N2O3/c1-25-18-12-11-16(19(13-18)26-17-9-5-6-10-17)14-23-21(24)20(22)15-7-3-2-4-8-15/h2-4,7-8,11-13,17,20H,5-6,9-10,14,22H2,1H3,(H,23,24). The highest BCUT2D eigenvalue weighted by atomic mass is 16.5. The van der Waals surface area contributed by atoms with Crippen molar-refractivity contribution in [2.45, 2.75) is 44.4 Å². The number of ether oxygens (including phenoxy) is 2. The molecule has 2 aromatic rings. The molecule has 0 bridgehead atoms. The maximum absolute atomic E-state index is 12.4. The molecule has 5 nitrogen and oxygen atoms in total. The van der Waals surface area contributed by atoms with E-state index in [-0.39, 0.29) is 12.0 Å². The van der Waals surface area contributed by atoms with Crippen molar-refractivity contribution in [3.05, 3.63) is 59.7 Å². The minimum atomic E-state index is -0.686. The number of hydrogen-bond acceptors (Lipinski definition) is 4. The highest BCUT2D eigenvalue weighted by Crippen LogP contribution is 2.30. The molecule has 3 rings (SSSR count). The molecule has 1 amide bonds. The number of amides is 1. The van der Waals surface area contributed by atoms with Crippen molar-refractivity contribution in [3.8, 4) is 11.5 Å². The van der Waals surface area contributed by atoms with Gasteiger partial charge in [0.1, 0.15) is 17.5 Å². The molecule has 26 heavy (non-hydrogen) atoms. The topological polar surface area (TPSA) is 73.6 Å². The first-order chi connectivity index (χ1) is 12.7. The summed E-state index contributed by atoms with van der Waals surface area (Å²) >= 11 is 0. The second-order valence-corrected chi connectivity index (χ2v) is 6.60. The predicted octanol–water partition coefficient (Wildman–Crippen LogP) is 3.33. The highest BCUT2D eigenvalue weighted by Gasteiger charge is 2.20. The molecule has 0 aromatic heterocycles. The van der Waals surface area contributed by atoms with Crippen molar-refractivity contribution >= 4 is 5.91 Å². The minimum absolute atomic E-state index is 0.209. The minimum Gasteiger partial charge on any atom is -0.497 e. The van der Waals surface area contributed by atoms with Gasteiger partial charge in [0.25, 0.3) is 0 Å². The molecule has 3 N–H and O–H groups in total. The van der Waals surface area contributed by atoms with Crippen molar-refractivity contribution in [1.82, 2.24) is 5.32 Å². The zero-order valence-corrected chi connectivity index (χ0v) is 15.1. The second-order valence-electron chi connectivity index (χ2n) is 6.60. The number of hydrogen-bond donors (Lipinski definition) is 2. The molecule has 0 aliphatic heterocycles. The van der Waals surface area contributed by atoms with Gasteiger partial charge in [0.2, 0.25) is 5.91 Å². The van der Waals surface area contributed by atoms with E-state index in [1.54, 1.807) is 7.11 Å². The summed E-state index contributed by atoms with van der Waals surface area (Å²) in [6, 6.07) is 14.4. The molecule has 1 aliphatic carbocycles. The Morgan fingerprint density at radius 2 is 1.92 bits per heavy atom. The zero-order valence-electron chi connectivity index (χ0n) is 15.1. The van der Waals surface area contributed by atoms with Crippen molar-refractivity contribution in [2.24, 2.45) is 5.73 Å². The van der Waals surface area contributed by atoms with E-state index in [4.69, 9.17) is 15.2 Å². The Balaban J connectivity index is 1.67. The summed E-state index contributed by atoms with van der Waals surface area (Å²) in [7, 11) is 1.63. The molecule has 2 aromatic carbocycles. The maximum Gasteiger partial charge on any atom is 0.241 e. The maximum atomic E-state index is 12.4. The molecular weight excluding hydrogens is 328 g/mol. The third kappa shape index (κ3) is 4.55. The Morgan fingerprint density at radius 3 is 2.62 bits per heavy atom. The lowest BCUT2D eigenvalue weighted by atomic mass is 10.1. The smallest absolute Gasteiger partial charge is 0.241 e. The zero-order chi connectivity index (χ0) is 18.4. The fraction of sp³-hybridized carbons (Fsp3) is 0.381. The van der Waals surface area contributed by atoms with Crippen molar-refractivity contribution in [2.75, 3.05) is 7.11 Å². The molecule has 1 unspecified atom stereocenters. The SMILES string of the molecule is COc1ccc(CNC(=O)C(N)c2ccccc2)c(OC2CCCC2)c1. The lowest BCUT2D eigenvalue weighted by Gasteiger charge is -2.18. The molecule has 0 saturated heterocycles. The molecule has 0 spiro atoms. The van der Waals surface area contributed by atoms with Gasteiger partial charge in [0.15, 0.2) is 0 Å². The Labute approximate surface area is 154 Å². The summed E-state index contributed by atoms with van der Waals surface area (Å²) in [6.45, 7) is 0.366. The van der Waals surface area contributed by atoms with Crippen LogP contribution in [-0.2, 0) is 11.3 Å². The van der Waals surface area contributed by atoms with Gasteiger partial charge in [-0.1, -0.05) is 30.3 Å². The van der Waals surface area contributed by atoms with Crippen LogP contribution < -0.4 is 20.5 Å². The first-order valence-corrected chi connectivity index (χ1v) is 9.09. The molecule has 1 fully saturated rings. The van der Waals surface area contributed by atoms with E-state index in [0.29, 0.717) is 6.54 Å². The Kier molecular flexibility index (Phi) is 6.12. The Morgan fingerprint density at radius 1 is 1.19 bits per heavy atom. The van der Waals surface area contributed by atoms with Crippen LogP contribution >= 0.6 is 0 Å². The number of carbonyl (C=O) groups is 1. The normalized spacial score (nSPS) is 15.5.